The van der Waals surface area contributed by atoms with Gasteiger partial charge < -0.3 is 20.3 Å². The zero-order chi connectivity index (χ0) is 25.0. The molecule has 6 atom stereocenters. The molecule has 184 valence electrons. The van der Waals surface area contributed by atoms with Crippen molar-refractivity contribution < 1.29 is 23.7 Å². The molecular formula is C27H29F2N3O3. The van der Waals surface area contributed by atoms with Crippen LogP contribution < -0.4 is 5.32 Å². The van der Waals surface area contributed by atoms with Crippen LogP contribution in [0.25, 0.3) is 17.2 Å². The average molecular weight is 482 g/mol. The van der Waals surface area contributed by atoms with Crippen LogP contribution >= 0.6 is 0 Å². The molecule has 0 bridgehead atoms. The average Bonchev–Trinajstić information content (AvgIpc) is 3.07. The summed E-state index contributed by atoms with van der Waals surface area (Å²) < 4.78 is 36.5. The second kappa shape index (κ2) is 8.45. The summed E-state index contributed by atoms with van der Waals surface area (Å²) in [4.78, 5) is 4.47. The third kappa shape index (κ3) is 3.61. The molecular weight excluding hydrogens is 452 g/mol. The Balaban J connectivity index is 1.48. The van der Waals surface area contributed by atoms with E-state index < -0.39 is 53.5 Å². The third-order valence-corrected chi connectivity index (χ3v) is 8.41. The number of ether oxygens (including phenoxy) is 1. The lowest BCUT2D eigenvalue weighted by Crippen LogP contribution is -2.75. The van der Waals surface area contributed by atoms with E-state index in [1.54, 1.807) is 43.5 Å². The van der Waals surface area contributed by atoms with Crippen molar-refractivity contribution in [3.05, 3.63) is 59.9 Å². The highest BCUT2D eigenvalue weighted by Crippen LogP contribution is 2.65. The van der Waals surface area contributed by atoms with E-state index in [0.29, 0.717) is 11.3 Å². The second-order valence-corrected chi connectivity index (χ2v) is 10.2. The fourth-order valence-corrected chi connectivity index (χ4v) is 6.39. The highest BCUT2D eigenvalue weighted by Gasteiger charge is 2.74. The molecule has 0 spiro atoms. The number of β-amino-alcohol motifs (C(OH)–C–C–N with tert-alkyl or cyclic N) is 1. The highest BCUT2D eigenvalue weighted by atomic mass is 19.3. The summed E-state index contributed by atoms with van der Waals surface area (Å²) in [6.07, 6.45) is 2.52. The van der Waals surface area contributed by atoms with Gasteiger partial charge in [0.05, 0.1) is 28.8 Å². The number of benzene rings is 1. The van der Waals surface area contributed by atoms with Crippen LogP contribution in [0.15, 0.2) is 48.7 Å². The van der Waals surface area contributed by atoms with Crippen LogP contribution in [0.2, 0.25) is 0 Å². The number of halogens is 2. The number of nitriles is 1. The molecule has 1 unspecified atom stereocenters. The van der Waals surface area contributed by atoms with Crippen molar-refractivity contribution in [3.63, 3.8) is 0 Å². The van der Waals surface area contributed by atoms with Gasteiger partial charge in [-0.2, -0.15) is 5.26 Å². The summed E-state index contributed by atoms with van der Waals surface area (Å²) in [5.41, 5.74) is -0.240. The minimum absolute atomic E-state index is 0.144. The number of nitrogens with zero attached hydrogens (tertiary/aromatic N) is 2. The molecule has 3 N–H and O–H groups in total. The molecule has 3 aliphatic rings. The Hall–Kier alpha value is -2.70. The fraction of sp³-hybridized carbons (Fsp3) is 0.481. The van der Waals surface area contributed by atoms with Gasteiger partial charge in [0.25, 0.3) is 5.92 Å². The SMILES string of the molecule is C[C@H]1OC(O)[C@]2(C3(O)CNC3)CC(F)(F)[C@@H](C)[C@H](/C=C/c3ccc(-c4ccccc4C#N)cn3)[C@H]12. The summed E-state index contributed by atoms with van der Waals surface area (Å²) in [7, 11) is 0. The summed E-state index contributed by atoms with van der Waals surface area (Å²) in [5, 5.41) is 34.5. The van der Waals surface area contributed by atoms with Gasteiger partial charge in [0.1, 0.15) is 5.60 Å². The Morgan fingerprint density at radius 3 is 2.57 bits per heavy atom. The van der Waals surface area contributed by atoms with Gasteiger partial charge in [-0.25, -0.2) is 8.78 Å². The molecule has 35 heavy (non-hydrogen) atoms. The maximum absolute atomic E-state index is 15.4. The predicted octanol–water partition coefficient (Wildman–Crippen LogP) is 3.60. The van der Waals surface area contributed by atoms with Gasteiger partial charge in [0.15, 0.2) is 6.29 Å². The molecule has 1 aromatic heterocycles. The normalized spacial score (nSPS) is 35.3. The topological polar surface area (TPSA) is 98.4 Å². The number of nitrogens with one attached hydrogen (secondary N) is 1. The molecule has 1 aromatic carbocycles. The van der Waals surface area contributed by atoms with Gasteiger partial charge in [0, 0.05) is 48.7 Å². The van der Waals surface area contributed by atoms with Gasteiger partial charge >= 0.3 is 0 Å². The molecule has 2 aromatic rings. The fourth-order valence-electron chi connectivity index (χ4n) is 6.39. The number of rotatable bonds is 4. The van der Waals surface area contributed by atoms with E-state index in [9.17, 15) is 15.5 Å². The quantitative estimate of drug-likeness (QED) is 0.617. The Kier molecular flexibility index (Phi) is 5.80. The van der Waals surface area contributed by atoms with Crippen molar-refractivity contribution >= 4 is 6.08 Å². The number of hydrogen-bond acceptors (Lipinski definition) is 6. The summed E-state index contributed by atoms with van der Waals surface area (Å²) in [6.45, 7) is 3.59. The lowest BCUT2D eigenvalue weighted by atomic mass is 9.49. The van der Waals surface area contributed by atoms with Gasteiger partial charge in [-0.1, -0.05) is 37.3 Å². The molecule has 2 saturated heterocycles. The Morgan fingerprint density at radius 1 is 1.20 bits per heavy atom. The van der Waals surface area contributed by atoms with E-state index >= 15 is 8.78 Å². The van der Waals surface area contributed by atoms with Crippen LogP contribution in [-0.2, 0) is 4.74 Å². The maximum Gasteiger partial charge on any atom is 0.252 e. The van der Waals surface area contributed by atoms with Gasteiger partial charge in [0.2, 0.25) is 0 Å². The Labute approximate surface area is 203 Å². The number of fused-ring (bicyclic) bond motifs is 1. The van der Waals surface area contributed by atoms with Crippen molar-refractivity contribution in [2.75, 3.05) is 13.1 Å². The first-order valence-corrected chi connectivity index (χ1v) is 11.9. The number of allylic oxidation sites excluding steroid dienone is 1. The van der Waals surface area contributed by atoms with Gasteiger partial charge in [-0.3, -0.25) is 4.98 Å². The van der Waals surface area contributed by atoms with Crippen LogP contribution in [-0.4, -0.2) is 52.2 Å². The number of aliphatic hydroxyl groups is 2. The molecule has 8 heteroatoms. The Morgan fingerprint density at radius 2 is 1.94 bits per heavy atom. The Bertz CT molecular complexity index is 1170. The van der Waals surface area contributed by atoms with Crippen molar-refractivity contribution in [1.29, 1.82) is 5.26 Å². The van der Waals surface area contributed by atoms with Crippen molar-refractivity contribution in [1.82, 2.24) is 10.3 Å². The number of aromatic nitrogens is 1. The number of alkyl halides is 2. The van der Waals surface area contributed by atoms with Crippen molar-refractivity contribution in [2.45, 2.75) is 44.2 Å². The van der Waals surface area contributed by atoms with Crippen molar-refractivity contribution in [3.8, 4) is 17.2 Å². The van der Waals surface area contributed by atoms with Crippen LogP contribution in [0.1, 0.15) is 31.5 Å². The van der Waals surface area contributed by atoms with Crippen LogP contribution in [0.3, 0.4) is 0 Å². The first-order valence-electron chi connectivity index (χ1n) is 11.9. The largest absolute Gasteiger partial charge is 0.386 e. The third-order valence-electron chi connectivity index (χ3n) is 8.41. The van der Waals surface area contributed by atoms with Gasteiger partial charge in [-0.15, -0.1) is 0 Å². The van der Waals surface area contributed by atoms with E-state index in [0.717, 1.165) is 11.1 Å². The molecule has 3 fully saturated rings. The van der Waals surface area contributed by atoms with E-state index in [2.05, 4.69) is 16.4 Å². The van der Waals surface area contributed by atoms with Gasteiger partial charge in [-0.05, 0) is 31.1 Å². The van der Waals surface area contributed by atoms with Crippen molar-refractivity contribution in [2.24, 2.45) is 23.2 Å². The molecule has 0 radical (unpaired) electrons. The highest BCUT2D eigenvalue weighted by molar-refractivity contribution is 5.70. The van der Waals surface area contributed by atoms with Crippen LogP contribution in [0.4, 0.5) is 8.78 Å². The summed E-state index contributed by atoms with van der Waals surface area (Å²) >= 11 is 0. The first kappa shape index (κ1) is 24.0. The number of hydrogen-bond donors (Lipinski definition) is 3. The van der Waals surface area contributed by atoms with E-state index in [-0.39, 0.29) is 13.1 Å². The zero-order valence-electron chi connectivity index (χ0n) is 19.7. The minimum atomic E-state index is -3.09. The molecule has 5 rings (SSSR count). The van der Waals surface area contributed by atoms with Crippen LogP contribution in [0.5, 0.6) is 0 Å². The molecule has 1 saturated carbocycles. The molecule has 3 heterocycles. The van der Waals surface area contributed by atoms with E-state index in [1.165, 1.54) is 6.92 Å². The maximum atomic E-state index is 15.4. The lowest BCUT2D eigenvalue weighted by molar-refractivity contribution is -0.272. The molecule has 0 amide bonds. The molecule has 1 aliphatic carbocycles. The molecule has 2 aliphatic heterocycles. The zero-order valence-corrected chi connectivity index (χ0v) is 19.7. The second-order valence-electron chi connectivity index (χ2n) is 10.2. The first-order chi connectivity index (χ1) is 16.6. The summed E-state index contributed by atoms with van der Waals surface area (Å²) in [6, 6.07) is 13.0. The predicted molar refractivity (Wildman–Crippen MR) is 126 cm³/mol. The van der Waals surface area contributed by atoms with E-state index in [1.807, 2.05) is 18.2 Å². The standard InChI is InChI=1S/C27H29F2N3O3/c1-16-21(10-9-20-8-7-19(12-32-20)22-6-4-3-5-18(22)11-30)23-17(2)35-24(33)26(23,13-27(16,28)29)25(34)14-31-15-25/h3-10,12,16-17,21,23-24,31,33-34H,13-15H2,1-2H3/b10-9+/t16-,17+,21-,23-,24?,26-/m0/s1. The lowest BCUT2D eigenvalue weighted by Gasteiger charge is -2.60. The summed E-state index contributed by atoms with van der Waals surface area (Å²) in [5.74, 6) is -5.23. The number of aliphatic hydroxyl groups excluding tert-OH is 1. The number of pyridine rings is 1. The minimum Gasteiger partial charge on any atom is -0.386 e. The van der Waals surface area contributed by atoms with E-state index in [4.69, 9.17) is 4.74 Å². The smallest absolute Gasteiger partial charge is 0.252 e. The molecule has 6 nitrogen and oxygen atoms in total. The van der Waals surface area contributed by atoms with Crippen LogP contribution in [0, 0.1) is 34.5 Å². The monoisotopic (exact) mass is 481 g/mol.